The molecule has 32 heavy (non-hydrogen) atoms. The second-order valence-electron chi connectivity index (χ2n) is 7.10. The predicted molar refractivity (Wildman–Crippen MR) is 123 cm³/mol. The average Bonchev–Trinajstić information content (AvgIpc) is 2.81. The highest BCUT2D eigenvalue weighted by Crippen LogP contribution is 2.36. The molecule has 0 amide bonds. The number of nitro groups is 1. The molecule has 0 saturated heterocycles. The fourth-order valence-electron chi connectivity index (χ4n) is 3.11. The molecule has 1 heterocycles. The smallest absolute Gasteiger partial charge is 0.374 e. The van der Waals surface area contributed by atoms with Crippen LogP contribution in [0.5, 0.6) is 11.6 Å². The standard InChI is InChI=1S/C24H21N5O3/c1-17-13-14-21(15-18(17)2)32-24-22(29(30)31)23(25-16-26-24)27-28(19-9-5-3-6-10-19)20-11-7-4-8-12-20/h3-16H,1-2H3,(H,25,26,27). The maximum atomic E-state index is 12.0. The molecule has 0 fully saturated rings. The molecule has 8 nitrogen and oxygen atoms in total. The number of aryl methyl sites for hydroxylation is 2. The number of rotatable bonds is 7. The molecule has 0 spiro atoms. The van der Waals surface area contributed by atoms with Crippen LogP contribution in [0.15, 0.2) is 85.2 Å². The van der Waals surface area contributed by atoms with Crippen molar-refractivity contribution in [2.75, 3.05) is 10.4 Å². The van der Waals surface area contributed by atoms with Gasteiger partial charge in [0.15, 0.2) is 0 Å². The second-order valence-corrected chi connectivity index (χ2v) is 7.10. The third kappa shape index (κ3) is 4.49. The van der Waals surface area contributed by atoms with E-state index in [0.717, 1.165) is 22.5 Å². The summed E-state index contributed by atoms with van der Waals surface area (Å²) >= 11 is 0. The van der Waals surface area contributed by atoms with E-state index in [4.69, 9.17) is 4.74 Å². The van der Waals surface area contributed by atoms with Gasteiger partial charge in [-0.15, -0.1) is 0 Å². The first-order valence-electron chi connectivity index (χ1n) is 9.94. The van der Waals surface area contributed by atoms with Crippen LogP contribution in [0.2, 0.25) is 0 Å². The molecule has 3 aromatic carbocycles. The third-order valence-electron chi connectivity index (χ3n) is 4.91. The zero-order valence-corrected chi connectivity index (χ0v) is 17.6. The fourth-order valence-corrected chi connectivity index (χ4v) is 3.11. The van der Waals surface area contributed by atoms with Crippen molar-refractivity contribution in [2.24, 2.45) is 0 Å². The first kappa shape index (κ1) is 20.8. The van der Waals surface area contributed by atoms with Crippen LogP contribution < -0.4 is 15.2 Å². The van der Waals surface area contributed by atoms with Crippen molar-refractivity contribution >= 4 is 22.9 Å². The van der Waals surface area contributed by atoms with Gasteiger partial charge in [-0.05, 0) is 61.4 Å². The van der Waals surface area contributed by atoms with Gasteiger partial charge in [0.25, 0.3) is 0 Å². The summed E-state index contributed by atoms with van der Waals surface area (Å²) in [6.45, 7) is 3.93. The zero-order chi connectivity index (χ0) is 22.5. The zero-order valence-electron chi connectivity index (χ0n) is 17.6. The van der Waals surface area contributed by atoms with Gasteiger partial charge in [-0.25, -0.2) is 4.98 Å². The molecule has 1 aromatic heterocycles. The van der Waals surface area contributed by atoms with Crippen LogP contribution in [0, 0.1) is 24.0 Å². The molecule has 4 rings (SSSR count). The van der Waals surface area contributed by atoms with Gasteiger partial charge in [-0.3, -0.25) is 20.5 Å². The number of nitrogens with zero attached hydrogens (tertiary/aromatic N) is 4. The lowest BCUT2D eigenvalue weighted by atomic mass is 10.1. The van der Waals surface area contributed by atoms with Gasteiger partial charge in [-0.1, -0.05) is 42.5 Å². The average molecular weight is 427 g/mol. The van der Waals surface area contributed by atoms with E-state index in [9.17, 15) is 10.1 Å². The van der Waals surface area contributed by atoms with Crippen LogP contribution >= 0.6 is 0 Å². The Morgan fingerprint density at radius 2 is 1.50 bits per heavy atom. The highest BCUT2D eigenvalue weighted by molar-refractivity contribution is 5.71. The lowest BCUT2D eigenvalue weighted by Gasteiger charge is -2.25. The van der Waals surface area contributed by atoms with Crippen LogP contribution in [0.3, 0.4) is 0 Å². The molecule has 0 aliphatic rings. The van der Waals surface area contributed by atoms with E-state index in [2.05, 4.69) is 15.4 Å². The van der Waals surface area contributed by atoms with Crippen molar-refractivity contribution in [2.45, 2.75) is 13.8 Å². The number of para-hydroxylation sites is 2. The van der Waals surface area contributed by atoms with Gasteiger partial charge in [0.1, 0.15) is 12.1 Å². The minimum Gasteiger partial charge on any atom is -0.434 e. The maximum absolute atomic E-state index is 12.0. The minimum atomic E-state index is -0.549. The minimum absolute atomic E-state index is 0.0107. The molecule has 0 aliphatic heterocycles. The number of hydrogen-bond acceptors (Lipinski definition) is 7. The van der Waals surface area contributed by atoms with Gasteiger partial charge in [-0.2, -0.15) is 4.98 Å². The van der Waals surface area contributed by atoms with E-state index in [1.54, 1.807) is 11.1 Å². The summed E-state index contributed by atoms with van der Waals surface area (Å²) in [6, 6.07) is 24.3. The quantitative estimate of drug-likeness (QED) is 0.287. The SMILES string of the molecule is Cc1ccc(Oc2ncnc(NN(c3ccccc3)c3ccccc3)c2[N+](=O)[O-])cc1C. The summed E-state index contributed by atoms with van der Waals surface area (Å²) in [5.41, 5.74) is 6.38. The first-order chi connectivity index (χ1) is 15.5. The first-order valence-corrected chi connectivity index (χ1v) is 9.94. The fraction of sp³-hybridized carbons (Fsp3) is 0.0833. The van der Waals surface area contributed by atoms with E-state index >= 15 is 0 Å². The number of aromatic nitrogens is 2. The van der Waals surface area contributed by atoms with E-state index in [1.165, 1.54) is 6.33 Å². The monoisotopic (exact) mass is 427 g/mol. The van der Waals surface area contributed by atoms with Gasteiger partial charge in [0.05, 0.1) is 16.3 Å². The predicted octanol–water partition coefficient (Wildman–Crippen LogP) is 5.96. The number of anilines is 3. The Morgan fingerprint density at radius 1 is 0.875 bits per heavy atom. The number of benzene rings is 3. The summed E-state index contributed by atoms with van der Waals surface area (Å²) in [7, 11) is 0. The molecule has 1 N–H and O–H groups in total. The summed E-state index contributed by atoms with van der Waals surface area (Å²) in [5.74, 6) is 0.331. The van der Waals surface area contributed by atoms with Gasteiger partial charge in [0.2, 0.25) is 5.82 Å². The lowest BCUT2D eigenvalue weighted by Crippen LogP contribution is -2.25. The van der Waals surface area contributed by atoms with Gasteiger partial charge in [0, 0.05) is 0 Å². The summed E-state index contributed by atoms with van der Waals surface area (Å²) in [4.78, 5) is 19.6. The summed E-state index contributed by atoms with van der Waals surface area (Å²) in [6.07, 6.45) is 1.24. The molecule has 0 aliphatic carbocycles. The second kappa shape index (κ2) is 9.13. The van der Waals surface area contributed by atoms with Crippen molar-refractivity contribution in [1.82, 2.24) is 9.97 Å². The molecule has 0 bridgehead atoms. The topological polar surface area (TPSA) is 93.4 Å². The van der Waals surface area contributed by atoms with Crippen molar-refractivity contribution in [3.05, 3.63) is 106 Å². The Bertz CT molecular complexity index is 1190. The Hall–Kier alpha value is -4.46. The molecule has 0 radical (unpaired) electrons. The van der Waals surface area contributed by atoms with Crippen LogP contribution in [0.4, 0.5) is 22.9 Å². The number of nitrogens with one attached hydrogen (secondary N) is 1. The summed E-state index contributed by atoms with van der Waals surface area (Å²) < 4.78 is 5.79. The van der Waals surface area contributed by atoms with Crippen molar-refractivity contribution in [3.8, 4) is 11.6 Å². The van der Waals surface area contributed by atoms with Crippen LogP contribution in [0.25, 0.3) is 0 Å². The summed E-state index contributed by atoms with van der Waals surface area (Å²) in [5, 5.41) is 13.7. The normalized spacial score (nSPS) is 10.4. The Kier molecular flexibility index (Phi) is 5.94. The van der Waals surface area contributed by atoms with E-state index in [1.807, 2.05) is 86.6 Å². The maximum Gasteiger partial charge on any atom is 0.374 e. The largest absolute Gasteiger partial charge is 0.434 e. The molecular formula is C24H21N5O3. The number of hydrogen-bond donors (Lipinski definition) is 1. The molecule has 160 valence electrons. The number of hydrazine groups is 1. The third-order valence-corrected chi connectivity index (χ3v) is 4.91. The molecular weight excluding hydrogens is 406 g/mol. The van der Waals surface area contributed by atoms with E-state index in [-0.39, 0.29) is 17.4 Å². The highest BCUT2D eigenvalue weighted by atomic mass is 16.6. The molecule has 0 saturated carbocycles. The Balaban J connectivity index is 1.74. The van der Waals surface area contributed by atoms with Crippen molar-refractivity contribution < 1.29 is 9.66 Å². The molecule has 8 heteroatoms. The lowest BCUT2D eigenvalue weighted by molar-refractivity contribution is -0.385. The molecule has 0 atom stereocenters. The number of ether oxygens (including phenoxy) is 1. The molecule has 0 unspecified atom stereocenters. The van der Waals surface area contributed by atoms with E-state index in [0.29, 0.717) is 5.75 Å². The van der Waals surface area contributed by atoms with Crippen molar-refractivity contribution in [3.63, 3.8) is 0 Å². The highest BCUT2D eigenvalue weighted by Gasteiger charge is 2.27. The van der Waals surface area contributed by atoms with Crippen LogP contribution in [0.1, 0.15) is 11.1 Å². The van der Waals surface area contributed by atoms with E-state index < -0.39 is 4.92 Å². The molecule has 4 aromatic rings. The van der Waals surface area contributed by atoms with Crippen LogP contribution in [-0.4, -0.2) is 14.9 Å². The van der Waals surface area contributed by atoms with Gasteiger partial charge >= 0.3 is 11.6 Å². The van der Waals surface area contributed by atoms with Crippen molar-refractivity contribution in [1.29, 1.82) is 0 Å². The Morgan fingerprint density at radius 3 is 2.06 bits per heavy atom. The Labute approximate surface area is 185 Å². The van der Waals surface area contributed by atoms with Gasteiger partial charge < -0.3 is 4.74 Å². The van der Waals surface area contributed by atoms with Crippen LogP contribution in [-0.2, 0) is 0 Å².